The molecule has 0 aliphatic heterocycles. The lowest BCUT2D eigenvalue weighted by atomic mass is 10.2. The Kier molecular flexibility index (Phi) is 3.30. The van der Waals surface area contributed by atoms with Crippen LogP contribution in [-0.2, 0) is 6.18 Å². The van der Waals surface area contributed by atoms with Gasteiger partial charge in [-0.05, 0) is 36.8 Å². The van der Waals surface area contributed by atoms with Gasteiger partial charge in [0.1, 0.15) is 5.69 Å². The highest BCUT2D eigenvalue weighted by Gasteiger charge is 2.30. The molecule has 0 fully saturated rings. The van der Waals surface area contributed by atoms with E-state index < -0.39 is 18.2 Å². The summed E-state index contributed by atoms with van der Waals surface area (Å²) in [7, 11) is 0. The molecule has 19 heavy (non-hydrogen) atoms. The normalized spacial score (nSPS) is 12.2. The molecule has 1 heterocycles. The molecule has 0 spiro atoms. The second-order valence-corrected chi connectivity index (χ2v) is 3.99. The predicted octanol–water partition coefficient (Wildman–Crippen LogP) is 4.14. The van der Waals surface area contributed by atoms with Crippen molar-refractivity contribution >= 4 is 0 Å². The molecule has 0 N–H and O–H groups in total. The van der Waals surface area contributed by atoms with Gasteiger partial charge in [0.05, 0.1) is 11.3 Å². The lowest BCUT2D eigenvalue weighted by molar-refractivity contribution is -0.137. The summed E-state index contributed by atoms with van der Waals surface area (Å²) < 4.78 is 63.4. The second kappa shape index (κ2) is 4.64. The first-order valence-electron chi connectivity index (χ1n) is 5.31. The maximum Gasteiger partial charge on any atom is 0.416 e. The average molecular weight is 276 g/mol. The first-order valence-corrected chi connectivity index (χ1v) is 5.31. The Hall–Kier alpha value is -1.92. The van der Waals surface area contributed by atoms with Crippen molar-refractivity contribution in [1.82, 2.24) is 9.78 Å². The Bertz CT molecular complexity index is 569. The van der Waals surface area contributed by atoms with Crippen molar-refractivity contribution in [3.8, 4) is 5.69 Å². The van der Waals surface area contributed by atoms with E-state index in [2.05, 4.69) is 5.10 Å². The van der Waals surface area contributed by atoms with Crippen LogP contribution in [0.25, 0.3) is 5.69 Å². The van der Waals surface area contributed by atoms with E-state index in [0.717, 1.165) is 16.8 Å². The minimum absolute atomic E-state index is 0.287. The average Bonchev–Trinajstić information content (AvgIpc) is 2.70. The van der Waals surface area contributed by atoms with E-state index in [1.165, 1.54) is 25.3 Å². The van der Waals surface area contributed by atoms with Gasteiger partial charge < -0.3 is 0 Å². The number of aromatic nitrogens is 2. The van der Waals surface area contributed by atoms with Crippen molar-refractivity contribution in [3.63, 3.8) is 0 Å². The minimum atomic E-state index is -4.42. The molecule has 1 aromatic heterocycles. The fourth-order valence-corrected chi connectivity index (χ4v) is 1.62. The Morgan fingerprint density at radius 1 is 1.11 bits per heavy atom. The van der Waals surface area contributed by atoms with Gasteiger partial charge in [-0.25, -0.2) is 13.5 Å². The molecule has 0 aliphatic carbocycles. The van der Waals surface area contributed by atoms with E-state index in [1.807, 2.05) is 0 Å². The fraction of sp³-hybridized carbons (Fsp3) is 0.250. The summed E-state index contributed by atoms with van der Waals surface area (Å²) >= 11 is 0. The summed E-state index contributed by atoms with van der Waals surface area (Å²) in [5, 5.41) is 3.66. The van der Waals surface area contributed by atoms with E-state index in [4.69, 9.17) is 0 Å². The van der Waals surface area contributed by atoms with Crippen LogP contribution in [0.15, 0.2) is 30.5 Å². The van der Waals surface area contributed by atoms with Gasteiger partial charge in [-0.15, -0.1) is 0 Å². The van der Waals surface area contributed by atoms with Crippen LogP contribution in [0.3, 0.4) is 0 Å². The molecule has 1 aromatic carbocycles. The van der Waals surface area contributed by atoms with E-state index in [9.17, 15) is 22.0 Å². The topological polar surface area (TPSA) is 17.8 Å². The van der Waals surface area contributed by atoms with Crippen LogP contribution in [0.1, 0.15) is 23.2 Å². The summed E-state index contributed by atoms with van der Waals surface area (Å²) in [6.07, 6.45) is -5.78. The molecule has 0 aliphatic rings. The molecule has 7 heteroatoms. The highest BCUT2D eigenvalue weighted by molar-refractivity contribution is 5.36. The number of benzene rings is 1. The van der Waals surface area contributed by atoms with E-state index in [0.29, 0.717) is 5.69 Å². The molecule has 0 bridgehead atoms. The van der Waals surface area contributed by atoms with E-state index in [-0.39, 0.29) is 11.3 Å². The minimum Gasteiger partial charge on any atom is -0.240 e. The van der Waals surface area contributed by atoms with Crippen LogP contribution in [0.2, 0.25) is 0 Å². The largest absolute Gasteiger partial charge is 0.416 e. The molecule has 0 unspecified atom stereocenters. The van der Waals surface area contributed by atoms with E-state index in [1.54, 1.807) is 0 Å². The van der Waals surface area contributed by atoms with Crippen LogP contribution >= 0.6 is 0 Å². The molecule has 102 valence electrons. The molecule has 2 nitrogen and oxygen atoms in total. The van der Waals surface area contributed by atoms with Crippen molar-refractivity contribution < 1.29 is 22.0 Å². The van der Waals surface area contributed by atoms with Gasteiger partial charge >= 0.3 is 6.18 Å². The third kappa shape index (κ3) is 2.74. The van der Waals surface area contributed by atoms with Gasteiger partial charge in [0.15, 0.2) is 0 Å². The Balaban J connectivity index is 2.35. The number of hydrogen-bond donors (Lipinski definition) is 0. The molecule has 0 saturated carbocycles. The zero-order valence-corrected chi connectivity index (χ0v) is 9.75. The van der Waals surface area contributed by atoms with E-state index >= 15 is 0 Å². The van der Waals surface area contributed by atoms with Gasteiger partial charge in [0, 0.05) is 6.20 Å². The van der Waals surface area contributed by atoms with Crippen molar-refractivity contribution in [2.45, 2.75) is 19.5 Å². The standard InChI is InChI=1S/C12H9F5N2/c1-7-6-19(18-10(7)11(13)14)9-4-2-8(3-5-9)12(15,16)17/h2-6,11H,1H3. The van der Waals surface area contributed by atoms with Crippen LogP contribution < -0.4 is 0 Å². The summed E-state index contributed by atoms with van der Waals surface area (Å²) in [5.41, 5.74) is -0.591. The van der Waals surface area contributed by atoms with Crippen LogP contribution in [-0.4, -0.2) is 9.78 Å². The lowest BCUT2D eigenvalue weighted by Crippen LogP contribution is -2.05. The first kappa shape index (κ1) is 13.5. The van der Waals surface area contributed by atoms with Gasteiger partial charge in [-0.1, -0.05) is 0 Å². The molecular formula is C12H9F5N2. The molecule has 0 amide bonds. The Morgan fingerprint density at radius 3 is 2.11 bits per heavy atom. The van der Waals surface area contributed by atoms with Crippen molar-refractivity contribution in [1.29, 1.82) is 0 Å². The number of aryl methyl sites for hydroxylation is 1. The quantitative estimate of drug-likeness (QED) is 0.754. The summed E-state index contributed by atoms with van der Waals surface area (Å²) in [6.45, 7) is 1.47. The number of alkyl halides is 5. The number of nitrogens with zero attached hydrogens (tertiary/aromatic N) is 2. The summed E-state index contributed by atoms with van der Waals surface area (Å²) in [5.74, 6) is 0. The van der Waals surface area contributed by atoms with Crippen molar-refractivity contribution in [2.75, 3.05) is 0 Å². The van der Waals surface area contributed by atoms with Crippen LogP contribution in [0, 0.1) is 6.92 Å². The highest BCUT2D eigenvalue weighted by atomic mass is 19.4. The molecule has 2 rings (SSSR count). The predicted molar refractivity (Wildman–Crippen MR) is 58.3 cm³/mol. The highest BCUT2D eigenvalue weighted by Crippen LogP contribution is 2.30. The molecule has 2 aromatic rings. The molecule has 0 radical (unpaired) electrons. The first-order chi connectivity index (χ1) is 8.79. The van der Waals surface area contributed by atoms with Gasteiger partial charge in [-0.2, -0.15) is 18.3 Å². The maximum absolute atomic E-state index is 12.6. The summed E-state index contributed by atoms with van der Waals surface area (Å²) in [4.78, 5) is 0. The lowest BCUT2D eigenvalue weighted by Gasteiger charge is -2.07. The second-order valence-electron chi connectivity index (χ2n) is 3.99. The SMILES string of the molecule is Cc1cn(-c2ccc(C(F)(F)F)cc2)nc1C(F)F. The number of hydrogen-bond acceptors (Lipinski definition) is 1. The fourth-order valence-electron chi connectivity index (χ4n) is 1.62. The number of rotatable bonds is 2. The summed E-state index contributed by atoms with van der Waals surface area (Å²) in [6, 6.07) is 4.14. The Labute approximate surface area is 105 Å². The molecule has 0 saturated heterocycles. The van der Waals surface area contributed by atoms with Gasteiger partial charge in [0.25, 0.3) is 6.43 Å². The Morgan fingerprint density at radius 2 is 1.68 bits per heavy atom. The zero-order chi connectivity index (χ0) is 14.2. The maximum atomic E-state index is 12.6. The van der Waals surface area contributed by atoms with Crippen LogP contribution in [0.4, 0.5) is 22.0 Å². The zero-order valence-electron chi connectivity index (χ0n) is 9.75. The van der Waals surface area contributed by atoms with Crippen molar-refractivity contribution in [3.05, 3.63) is 47.3 Å². The third-order valence-electron chi connectivity index (χ3n) is 2.60. The molecular weight excluding hydrogens is 267 g/mol. The third-order valence-corrected chi connectivity index (χ3v) is 2.60. The molecule has 0 atom stereocenters. The van der Waals surface area contributed by atoms with Gasteiger partial charge in [-0.3, -0.25) is 0 Å². The van der Waals surface area contributed by atoms with Crippen molar-refractivity contribution in [2.24, 2.45) is 0 Å². The smallest absolute Gasteiger partial charge is 0.240 e. The monoisotopic (exact) mass is 276 g/mol. The number of halogens is 5. The van der Waals surface area contributed by atoms with Gasteiger partial charge in [0.2, 0.25) is 0 Å². The van der Waals surface area contributed by atoms with Crippen LogP contribution in [0.5, 0.6) is 0 Å².